The number of anilines is 4. The van der Waals surface area contributed by atoms with Crippen molar-refractivity contribution in [1.82, 2.24) is 14.5 Å². The van der Waals surface area contributed by atoms with Crippen molar-refractivity contribution >= 4 is 34.7 Å². The maximum Gasteiger partial charge on any atom is 0.274 e. The molecule has 0 aliphatic carbocycles. The normalized spacial score (nSPS) is 14.6. The maximum atomic E-state index is 13.8. The van der Waals surface area contributed by atoms with Crippen molar-refractivity contribution in [2.75, 3.05) is 68.2 Å². The third-order valence-electron chi connectivity index (χ3n) is 8.71. The van der Waals surface area contributed by atoms with Crippen LogP contribution >= 0.6 is 0 Å². The molecule has 0 spiro atoms. The summed E-state index contributed by atoms with van der Waals surface area (Å²) in [5, 5.41) is 23.0. The third-order valence-corrected chi connectivity index (χ3v) is 8.71. The summed E-state index contributed by atoms with van der Waals surface area (Å²) in [6, 6.07) is 16.2. The molecular formula is C35H38N6O6. The van der Waals surface area contributed by atoms with Crippen molar-refractivity contribution in [3.05, 3.63) is 99.6 Å². The van der Waals surface area contributed by atoms with Gasteiger partial charge in [-0.2, -0.15) is 0 Å². The lowest BCUT2D eigenvalue weighted by atomic mass is 9.94. The molecule has 0 atom stereocenters. The summed E-state index contributed by atoms with van der Waals surface area (Å²) in [6.45, 7) is 2.72. The quantitative estimate of drug-likeness (QED) is 0.253. The number of nitrogens with zero attached hydrogens (tertiary/aromatic N) is 5. The van der Waals surface area contributed by atoms with Crippen molar-refractivity contribution in [3.63, 3.8) is 0 Å². The van der Waals surface area contributed by atoms with Gasteiger partial charge in [0, 0.05) is 75.0 Å². The lowest BCUT2D eigenvalue weighted by molar-refractivity contribution is 0.0302. The van der Waals surface area contributed by atoms with Gasteiger partial charge in [-0.25, -0.2) is 4.98 Å². The number of hydrogen-bond acceptors (Lipinski definition) is 9. The van der Waals surface area contributed by atoms with Gasteiger partial charge in [0.2, 0.25) is 0 Å². The number of rotatable bonds is 9. The molecule has 3 N–H and O–H groups in total. The molecule has 0 bridgehead atoms. The van der Waals surface area contributed by atoms with Gasteiger partial charge in [-0.15, -0.1) is 0 Å². The first-order valence-corrected chi connectivity index (χ1v) is 15.6. The van der Waals surface area contributed by atoms with Crippen LogP contribution in [0.5, 0.6) is 0 Å². The van der Waals surface area contributed by atoms with Gasteiger partial charge in [0.1, 0.15) is 11.5 Å². The predicted octanol–water partition coefficient (Wildman–Crippen LogP) is 2.79. The summed E-state index contributed by atoms with van der Waals surface area (Å²) in [7, 11) is 3.55. The Morgan fingerprint density at radius 3 is 2.55 bits per heavy atom. The zero-order valence-corrected chi connectivity index (χ0v) is 26.5. The Balaban J connectivity index is 1.27. The third kappa shape index (κ3) is 6.48. The molecule has 0 radical (unpaired) electrons. The van der Waals surface area contributed by atoms with Crippen molar-refractivity contribution in [1.29, 1.82) is 0 Å². The van der Waals surface area contributed by atoms with Gasteiger partial charge in [0.25, 0.3) is 17.4 Å². The molecule has 12 nitrogen and oxygen atoms in total. The lowest BCUT2D eigenvalue weighted by Crippen LogP contribution is -2.40. The Kier molecular flexibility index (Phi) is 9.34. The Morgan fingerprint density at radius 1 is 1.02 bits per heavy atom. The van der Waals surface area contributed by atoms with Gasteiger partial charge in [0.15, 0.2) is 0 Å². The largest absolute Gasteiger partial charge is 0.395 e. The highest BCUT2D eigenvalue weighted by atomic mass is 16.5. The van der Waals surface area contributed by atoms with E-state index >= 15 is 0 Å². The fraction of sp³-hybridized carbons (Fsp3) is 0.314. The molecule has 2 amide bonds. The minimum atomic E-state index is -0.321. The monoisotopic (exact) mass is 638 g/mol. The van der Waals surface area contributed by atoms with E-state index in [2.05, 4.69) is 10.3 Å². The van der Waals surface area contributed by atoms with Gasteiger partial charge in [-0.1, -0.05) is 12.1 Å². The highest BCUT2D eigenvalue weighted by Gasteiger charge is 2.28. The number of likely N-dealkylation sites (N-methyl/N-ethyl adjacent to an activating group) is 1. The topological polar surface area (TPSA) is 140 Å². The highest BCUT2D eigenvalue weighted by molar-refractivity contribution is 6.09. The van der Waals surface area contributed by atoms with Crippen molar-refractivity contribution < 1.29 is 24.5 Å². The van der Waals surface area contributed by atoms with Crippen LogP contribution in [-0.4, -0.2) is 89.5 Å². The SMILES string of the molecule is CN(CCO)c1ccc2c(c1)CCN(c1cccc(-c3cc(Nc4ccc(C(=O)N5CCOCC5)cn4)c(=O)n(C)c3)c1CO)C2=O. The minimum absolute atomic E-state index is 0.0373. The smallest absolute Gasteiger partial charge is 0.274 e. The molecule has 2 aliphatic rings. The zero-order valence-electron chi connectivity index (χ0n) is 26.5. The number of pyridine rings is 2. The molecule has 6 rings (SSSR count). The van der Waals surface area contributed by atoms with Crippen molar-refractivity contribution in [3.8, 4) is 11.1 Å². The molecule has 2 aromatic carbocycles. The van der Waals surface area contributed by atoms with Crippen LogP contribution in [0.25, 0.3) is 11.1 Å². The van der Waals surface area contributed by atoms with Gasteiger partial charge < -0.3 is 39.5 Å². The lowest BCUT2D eigenvalue weighted by Gasteiger charge is -2.31. The van der Waals surface area contributed by atoms with E-state index in [1.165, 1.54) is 10.8 Å². The van der Waals surface area contributed by atoms with Crippen LogP contribution in [-0.2, 0) is 24.8 Å². The molecule has 2 aromatic heterocycles. The van der Waals surface area contributed by atoms with Crippen LogP contribution in [0.3, 0.4) is 0 Å². The second-order valence-electron chi connectivity index (χ2n) is 11.7. The summed E-state index contributed by atoms with van der Waals surface area (Å²) in [4.78, 5) is 49.5. The fourth-order valence-electron chi connectivity index (χ4n) is 6.12. The van der Waals surface area contributed by atoms with E-state index in [9.17, 15) is 24.6 Å². The summed E-state index contributed by atoms with van der Waals surface area (Å²) >= 11 is 0. The predicted molar refractivity (Wildman–Crippen MR) is 179 cm³/mol. The number of aliphatic hydroxyl groups is 2. The summed E-state index contributed by atoms with van der Waals surface area (Å²) < 4.78 is 6.78. The molecule has 244 valence electrons. The van der Waals surface area contributed by atoms with Gasteiger partial charge >= 0.3 is 0 Å². The van der Waals surface area contributed by atoms with E-state index in [1.807, 2.05) is 48.3 Å². The highest BCUT2D eigenvalue weighted by Crippen LogP contribution is 2.35. The first kappa shape index (κ1) is 31.9. The summed E-state index contributed by atoms with van der Waals surface area (Å²) in [5.41, 5.74) is 5.44. The average molecular weight is 639 g/mol. The number of hydrogen-bond donors (Lipinski definition) is 3. The molecule has 1 fully saturated rings. The second-order valence-corrected chi connectivity index (χ2v) is 11.7. The fourth-order valence-corrected chi connectivity index (χ4v) is 6.12. The van der Waals surface area contributed by atoms with Crippen LogP contribution in [0.15, 0.2) is 71.8 Å². The van der Waals surface area contributed by atoms with Gasteiger partial charge in [-0.3, -0.25) is 14.4 Å². The molecule has 0 unspecified atom stereocenters. The summed E-state index contributed by atoms with van der Waals surface area (Å²) in [6.07, 6.45) is 3.82. The number of nitrogens with one attached hydrogen (secondary N) is 1. The number of morpholine rings is 1. The van der Waals surface area contributed by atoms with Gasteiger partial charge in [0.05, 0.1) is 37.7 Å². The van der Waals surface area contributed by atoms with Crippen LogP contribution in [0.1, 0.15) is 31.8 Å². The van der Waals surface area contributed by atoms with Crippen LogP contribution < -0.4 is 20.7 Å². The molecule has 4 heterocycles. The van der Waals surface area contributed by atoms with Crippen LogP contribution in [0.2, 0.25) is 0 Å². The van der Waals surface area contributed by atoms with Crippen LogP contribution in [0, 0.1) is 0 Å². The average Bonchev–Trinajstić information content (AvgIpc) is 3.10. The molecular weight excluding hydrogens is 600 g/mol. The van der Waals surface area contributed by atoms with Crippen molar-refractivity contribution in [2.45, 2.75) is 13.0 Å². The van der Waals surface area contributed by atoms with E-state index in [4.69, 9.17) is 4.74 Å². The molecule has 2 aliphatic heterocycles. The van der Waals surface area contributed by atoms with Gasteiger partial charge in [-0.05, 0) is 60.0 Å². The zero-order chi connectivity index (χ0) is 33.1. The number of benzene rings is 2. The van der Waals surface area contributed by atoms with E-state index in [0.717, 1.165) is 11.3 Å². The minimum Gasteiger partial charge on any atom is -0.395 e. The Labute approximate surface area is 272 Å². The molecule has 12 heteroatoms. The maximum absolute atomic E-state index is 13.8. The number of ether oxygens (including phenoxy) is 1. The number of carbonyl (C=O) groups excluding carboxylic acids is 2. The number of aliphatic hydroxyl groups excluding tert-OH is 2. The molecule has 1 saturated heterocycles. The summed E-state index contributed by atoms with van der Waals surface area (Å²) in [5.74, 6) is 0.129. The van der Waals surface area contributed by atoms with E-state index < -0.39 is 0 Å². The number of amides is 2. The first-order valence-electron chi connectivity index (χ1n) is 15.6. The number of fused-ring (bicyclic) bond motifs is 1. The number of carbonyl (C=O) groups is 2. The Bertz CT molecular complexity index is 1850. The molecule has 4 aromatic rings. The van der Waals surface area contributed by atoms with E-state index in [-0.39, 0.29) is 36.3 Å². The van der Waals surface area contributed by atoms with E-state index in [0.29, 0.717) is 85.1 Å². The first-order chi connectivity index (χ1) is 22.8. The molecule has 47 heavy (non-hydrogen) atoms. The molecule has 0 saturated carbocycles. The number of aromatic nitrogens is 2. The van der Waals surface area contributed by atoms with Crippen molar-refractivity contribution in [2.24, 2.45) is 7.05 Å². The Hall–Kier alpha value is -5.04. The Morgan fingerprint density at radius 2 is 1.83 bits per heavy atom. The second kappa shape index (κ2) is 13.8. The standard InChI is InChI=1S/C35H38N6O6/c1-38(12-15-42)26-7-8-28-23(18-26)10-11-41(34(28)45)31-5-3-4-27(29(31)22-43)25-19-30(35(46)39(2)21-25)37-32-9-6-24(20-36-32)33(44)40-13-16-47-17-14-40/h3-9,18-21,42-43H,10-17,22H2,1-2H3,(H,36,37). The van der Waals surface area contributed by atoms with E-state index in [1.54, 1.807) is 41.2 Å². The number of aryl methyl sites for hydroxylation is 1. The van der Waals surface area contributed by atoms with Crippen LogP contribution in [0.4, 0.5) is 22.9 Å².